The lowest BCUT2D eigenvalue weighted by molar-refractivity contribution is -0.137. The SMILES string of the molecule is CN(c1cccc(NC(=O)Nc2cc(C(F)(F)F)ccc2F)c1)c1ccnc(Nc2cccc(SN)c2)n1. The van der Waals surface area contributed by atoms with E-state index in [1.165, 1.54) is 0 Å². The van der Waals surface area contributed by atoms with Gasteiger partial charge in [0, 0.05) is 35.2 Å². The summed E-state index contributed by atoms with van der Waals surface area (Å²) in [5, 5.41) is 13.3. The summed E-state index contributed by atoms with van der Waals surface area (Å²) < 4.78 is 52.8. The predicted molar refractivity (Wildman–Crippen MR) is 140 cm³/mol. The Hall–Kier alpha value is -4.36. The zero-order chi connectivity index (χ0) is 27.3. The summed E-state index contributed by atoms with van der Waals surface area (Å²) in [5.41, 5.74) is 0.0429. The fraction of sp³-hybridized carbons (Fsp3) is 0.0800. The van der Waals surface area contributed by atoms with Gasteiger partial charge in [-0.05, 0) is 72.6 Å². The largest absolute Gasteiger partial charge is 0.416 e. The lowest BCUT2D eigenvalue weighted by Crippen LogP contribution is -2.21. The number of anilines is 6. The molecule has 0 fully saturated rings. The molecule has 38 heavy (non-hydrogen) atoms. The van der Waals surface area contributed by atoms with E-state index in [-0.39, 0.29) is 0 Å². The number of amides is 2. The lowest BCUT2D eigenvalue weighted by Gasteiger charge is -2.20. The molecule has 0 unspecified atom stereocenters. The van der Waals surface area contributed by atoms with E-state index in [2.05, 4.69) is 25.9 Å². The molecule has 4 aromatic rings. The van der Waals surface area contributed by atoms with E-state index in [1.54, 1.807) is 48.5 Å². The molecule has 0 saturated heterocycles. The molecule has 0 aliphatic rings. The molecule has 8 nitrogen and oxygen atoms in total. The normalized spacial score (nSPS) is 11.1. The first kappa shape index (κ1) is 26.7. The van der Waals surface area contributed by atoms with Crippen LogP contribution in [0.2, 0.25) is 0 Å². The first-order valence-electron chi connectivity index (χ1n) is 11.0. The highest BCUT2D eigenvalue weighted by atomic mass is 32.2. The summed E-state index contributed by atoms with van der Waals surface area (Å²) in [7, 11) is 1.76. The van der Waals surface area contributed by atoms with Gasteiger partial charge < -0.3 is 20.9 Å². The predicted octanol–water partition coefficient (Wildman–Crippen LogP) is 6.76. The number of halogens is 4. The molecule has 5 N–H and O–H groups in total. The van der Waals surface area contributed by atoms with E-state index in [0.29, 0.717) is 41.3 Å². The minimum Gasteiger partial charge on any atom is -0.329 e. The fourth-order valence-electron chi connectivity index (χ4n) is 3.38. The van der Waals surface area contributed by atoms with Crippen LogP contribution in [0, 0.1) is 5.82 Å². The van der Waals surface area contributed by atoms with E-state index in [9.17, 15) is 22.4 Å². The minimum absolute atomic E-state index is 0.322. The Bertz CT molecular complexity index is 1450. The van der Waals surface area contributed by atoms with Crippen LogP contribution in [-0.4, -0.2) is 23.0 Å². The molecule has 2 amide bonds. The fourth-order valence-corrected chi connectivity index (χ4v) is 3.73. The summed E-state index contributed by atoms with van der Waals surface area (Å²) in [4.78, 5) is 23.8. The van der Waals surface area contributed by atoms with Crippen LogP contribution in [0.1, 0.15) is 5.56 Å². The van der Waals surface area contributed by atoms with Crippen LogP contribution < -0.4 is 26.0 Å². The highest BCUT2D eigenvalue weighted by Crippen LogP contribution is 2.32. The van der Waals surface area contributed by atoms with E-state index >= 15 is 0 Å². The number of hydrogen-bond acceptors (Lipinski definition) is 7. The van der Waals surface area contributed by atoms with Crippen LogP contribution in [0.3, 0.4) is 0 Å². The molecule has 13 heteroatoms. The third kappa shape index (κ3) is 6.69. The van der Waals surface area contributed by atoms with Gasteiger partial charge in [-0.1, -0.05) is 12.1 Å². The van der Waals surface area contributed by atoms with Gasteiger partial charge in [0.2, 0.25) is 5.95 Å². The van der Waals surface area contributed by atoms with Crippen LogP contribution in [0.5, 0.6) is 0 Å². The molecule has 0 saturated carbocycles. The van der Waals surface area contributed by atoms with E-state index in [1.807, 2.05) is 24.3 Å². The minimum atomic E-state index is -4.68. The molecule has 0 aliphatic heterocycles. The monoisotopic (exact) mass is 543 g/mol. The first-order valence-corrected chi connectivity index (χ1v) is 11.9. The number of urea groups is 1. The Kier molecular flexibility index (Phi) is 7.98. The van der Waals surface area contributed by atoms with Crippen LogP contribution in [0.25, 0.3) is 0 Å². The standard InChI is InChI=1S/C25H21F4N7OS/c1-36(22-10-11-31-23(35-22)32-17-5-3-7-19(14-17)38-30)18-6-2-4-16(13-18)33-24(37)34-21-12-15(25(27,28)29)8-9-20(21)26/h2-14H,30H2,1H3,(H,31,32,35)(H2,33,34,37). The van der Waals surface area contributed by atoms with Crippen LogP contribution in [0.15, 0.2) is 83.9 Å². The highest BCUT2D eigenvalue weighted by molar-refractivity contribution is 7.97. The number of rotatable bonds is 7. The lowest BCUT2D eigenvalue weighted by atomic mass is 10.2. The third-order valence-electron chi connectivity index (χ3n) is 5.24. The van der Waals surface area contributed by atoms with Crippen molar-refractivity contribution in [2.45, 2.75) is 11.1 Å². The van der Waals surface area contributed by atoms with Gasteiger partial charge in [0.05, 0.1) is 11.3 Å². The molecule has 4 rings (SSSR count). The average molecular weight is 544 g/mol. The van der Waals surface area contributed by atoms with Crippen molar-refractivity contribution in [3.8, 4) is 0 Å². The number of alkyl halides is 3. The van der Waals surface area contributed by atoms with Gasteiger partial charge in [0.25, 0.3) is 0 Å². The molecule has 3 aromatic carbocycles. The number of carbonyl (C=O) groups excluding carboxylic acids is 1. The second-order valence-corrected chi connectivity index (χ2v) is 8.60. The number of nitrogens with zero attached hydrogens (tertiary/aromatic N) is 3. The molecule has 196 valence electrons. The molecular weight excluding hydrogens is 522 g/mol. The Morgan fingerprint density at radius 3 is 2.50 bits per heavy atom. The second-order valence-electron chi connectivity index (χ2n) is 7.89. The number of carbonyl (C=O) groups is 1. The summed E-state index contributed by atoms with van der Waals surface area (Å²) in [6, 6.07) is 16.6. The van der Waals surface area contributed by atoms with Crippen LogP contribution >= 0.6 is 11.9 Å². The quantitative estimate of drug-likeness (QED) is 0.151. The number of nitrogens with two attached hydrogens (primary N) is 1. The van der Waals surface area contributed by atoms with Gasteiger partial charge in [-0.25, -0.2) is 14.2 Å². The Morgan fingerprint density at radius 2 is 1.74 bits per heavy atom. The maximum atomic E-state index is 14.0. The molecule has 0 radical (unpaired) electrons. The third-order valence-corrected chi connectivity index (χ3v) is 5.77. The highest BCUT2D eigenvalue weighted by Gasteiger charge is 2.31. The van der Waals surface area contributed by atoms with Gasteiger partial charge in [-0.2, -0.15) is 18.2 Å². The summed E-state index contributed by atoms with van der Waals surface area (Å²) in [5.74, 6) is -0.104. The van der Waals surface area contributed by atoms with Gasteiger partial charge in [0.1, 0.15) is 11.6 Å². The first-order chi connectivity index (χ1) is 18.1. The Balaban J connectivity index is 1.46. The van der Waals surface area contributed by atoms with E-state index < -0.39 is 29.3 Å². The van der Waals surface area contributed by atoms with Crippen molar-refractivity contribution in [3.63, 3.8) is 0 Å². The molecule has 0 aliphatic carbocycles. The zero-order valence-electron chi connectivity index (χ0n) is 19.8. The number of nitrogens with one attached hydrogen (secondary N) is 3. The van der Waals surface area contributed by atoms with Crippen LogP contribution in [-0.2, 0) is 6.18 Å². The van der Waals surface area contributed by atoms with Crippen molar-refractivity contribution in [1.82, 2.24) is 9.97 Å². The molecule has 0 spiro atoms. The van der Waals surface area contributed by atoms with Crippen molar-refractivity contribution in [3.05, 3.63) is 90.4 Å². The second kappa shape index (κ2) is 11.4. The molecular formula is C25H21F4N7OS. The summed E-state index contributed by atoms with van der Waals surface area (Å²) >= 11 is 1.12. The molecule has 0 bridgehead atoms. The summed E-state index contributed by atoms with van der Waals surface area (Å²) in [6.45, 7) is 0. The van der Waals surface area contributed by atoms with Crippen molar-refractivity contribution >= 4 is 52.5 Å². The number of benzene rings is 3. The van der Waals surface area contributed by atoms with Gasteiger partial charge in [0.15, 0.2) is 0 Å². The molecule has 1 heterocycles. The van der Waals surface area contributed by atoms with Gasteiger partial charge >= 0.3 is 12.2 Å². The Labute approximate surface area is 219 Å². The zero-order valence-corrected chi connectivity index (χ0v) is 20.6. The Morgan fingerprint density at radius 1 is 0.974 bits per heavy atom. The van der Waals surface area contributed by atoms with Crippen LogP contribution in [0.4, 0.5) is 56.9 Å². The van der Waals surface area contributed by atoms with Gasteiger partial charge in [-0.15, -0.1) is 0 Å². The van der Waals surface area contributed by atoms with E-state index in [0.717, 1.165) is 22.5 Å². The maximum absolute atomic E-state index is 14.0. The smallest absolute Gasteiger partial charge is 0.329 e. The maximum Gasteiger partial charge on any atom is 0.416 e. The van der Waals surface area contributed by atoms with Crippen molar-refractivity contribution in [2.75, 3.05) is 27.9 Å². The topological polar surface area (TPSA) is 108 Å². The molecule has 1 aromatic heterocycles. The van der Waals surface area contributed by atoms with Crippen molar-refractivity contribution in [2.24, 2.45) is 5.14 Å². The van der Waals surface area contributed by atoms with Crippen molar-refractivity contribution < 1.29 is 22.4 Å². The van der Waals surface area contributed by atoms with Gasteiger partial charge in [-0.3, -0.25) is 5.14 Å². The van der Waals surface area contributed by atoms with E-state index in [4.69, 9.17) is 5.14 Å². The van der Waals surface area contributed by atoms with Crippen molar-refractivity contribution in [1.29, 1.82) is 0 Å². The summed E-state index contributed by atoms with van der Waals surface area (Å²) in [6.07, 6.45) is -3.09. The number of aromatic nitrogens is 2. The number of hydrogen-bond donors (Lipinski definition) is 4. The molecule has 0 atom stereocenters. The average Bonchev–Trinajstić information content (AvgIpc) is 2.89.